The molecule has 30 heavy (non-hydrogen) atoms. The Labute approximate surface area is 175 Å². The standard InChI is InChI=1S/C25H24N2O3/c1-3-7-17-12-14-19(15-13-17)22(28)16-27-23(29)25(2,26-24(27)30)21-11-6-9-18-8-4-5-10-20(18)21/h4-6,8-15H,3,7,16H2,1-2H3,(H,26,30)/t25-/m0/s1. The SMILES string of the molecule is CCCc1ccc(C(=O)CN2C(=O)N[C@@](C)(c3cccc4ccccc34)C2=O)cc1. The fourth-order valence-corrected chi connectivity index (χ4v) is 4.07. The molecule has 1 saturated heterocycles. The van der Waals surface area contributed by atoms with Crippen molar-refractivity contribution in [1.82, 2.24) is 10.2 Å². The molecule has 1 aliphatic rings. The van der Waals surface area contributed by atoms with E-state index < -0.39 is 17.5 Å². The molecule has 0 radical (unpaired) electrons. The van der Waals surface area contributed by atoms with Crippen LogP contribution in [0.25, 0.3) is 10.8 Å². The topological polar surface area (TPSA) is 66.5 Å². The summed E-state index contributed by atoms with van der Waals surface area (Å²) in [6.45, 7) is 3.51. The summed E-state index contributed by atoms with van der Waals surface area (Å²) in [6.07, 6.45) is 1.98. The lowest BCUT2D eigenvalue weighted by Gasteiger charge is -2.24. The molecule has 0 spiro atoms. The summed E-state index contributed by atoms with van der Waals surface area (Å²) in [7, 11) is 0. The zero-order chi connectivity index (χ0) is 21.3. The lowest BCUT2D eigenvalue weighted by atomic mass is 9.88. The van der Waals surface area contributed by atoms with Crippen molar-refractivity contribution in [1.29, 1.82) is 0 Å². The van der Waals surface area contributed by atoms with Crippen LogP contribution >= 0.6 is 0 Å². The molecule has 3 aromatic rings. The van der Waals surface area contributed by atoms with Crippen LogP contribution in [0.2, 0.25) is 0 Å². The van der Waals surface area contributed by atoms with Crippen molar-refractivity contribution in [3.8, 4) is 0 Å². The number of urea groups is 1. The summed E-state index contributed by atoms with van der Waals surface area (Å²) in [4.78, 5) is 39.7. The van der Waals surface area contributed by atoms with Gasteiger partial charge in [-0.2, -0.15) is 0 Å². The maximum absolute atomic E-state index is 13.3. The number of hydrogen-bond acceptors (Lipinski definition) is 3. The third kappa shape index (κ3) is 3.36. The number of imide groups is 1. The molecule has 1 N–H and O–H groups in total. The molecule has 5 nitrogen and oxygen atoms in total. The van der Waals surface area contributed by atoms with Crippen LogP contribution in [0.5, 0.6) is 0 Å². The number of rotatable bonds is 6. The van der Waals surface area contributed by atoms with Crippen LogP contribution in [-0.2, 0) is 16.8 Å². The second kappa shape index (κ2) is 7.75. The summed E-state index contributed by atoms with van der Waals surface area (Å²) in [5.41, 5.74) is 1.16. The molecule has 3 aromatic carbocycles. The second-order valence-electron chi connectivity index (χ2n) is 7.84. The number of carbonyl (C=O) groups is 3. The molecular weight excluding hydrogens is 376 g/mol. The van der Waals surface area contributed by atoms with Gasteiger partial charge in [0, 0.05) is 5.56 Å². The first-order valence-electron chi connectivity index (χ1n) is 10.2. The molecule has 1 heterocycles. The first-order chi connectivity index (χ1) is 14.4. The van der Waals surface area contributed by atoms with Gasteiger partial charge < -0.3 is 5.32 Å². The Hall–Kier alpha value is -3.47. The number of Topliss-reactive ketones (excluding diaryl/α,β-unsaturated/α-hetero) is 1. The Kier molecular flexibility index (Phi) is 5.12. The van der Waals surface area contributed by atoms with E-state index in [-0.39, 0.29) is 12.3 Å². The van der Waals surface area contributed by atoms with Crippen molar-refractivity contribution >= 4 is 28.5 Å². The van der Waals surface area contributed by atoms with Crippen LogP contribution < -0.4 is 5.32 Å². The Morgan fingerprint density at radius 3 is 2.40 bits per heavy atom. The minimum atomic E-state index is -1.22. The van der Waals surface area contributed by atoms with Gasteiger partial charge in [-0.3, -0.25) is 14.5 Å². The maximum atomic E-state index is 13.3. The van der Waals surface area contributed by atoms with E-state index in [0.29, 0.717) is 5.56 Å². The van der Waals surface area contributed by atoms with E-state index >= 15 is 0 Å². The van der Waals surface area contributed by atoms with Crippen LogP contribution in [0.3, 0.4) is 0 Å². The Balaban J connectivity index is 1.60. The van der Waals surface area contributed by atoms with Gasteiger partial charge >= 0.3 is 6.03 Å². The van der Waals surface area contributed by atoms with Gasteiger partial charge in [-0.25, -0.2) is 4.79 Å². The zero-order valence-corrected chi connectivity index (χ0v) is 17.1. The van der Waals surface area contributed by atoms with Gasteiger partial charge in [0.25, 0.3) is 5.91 Å². The second-order valence-corrected chi connectivity index (χ2v) is 7.84. The van der Waals surface area contributed by atoms with Gasteiger partial charge in [0.15, 0.2) is 5.78 Å². The van der Waals surface area contributed by atoms with Gasteiger partial charge in [-0.05, 0) is 35.2 Å². The number of carbonyl (C=O) groups excluding carboxylic acids is 3. The number of ketones is 1. The van der Waals surface area contributed by atoms with Gasteiger partial charge in [-0.15, -0.1) is 0 Å². The number of benzene rings is 3. The molecule has 1 fully saturated rings. The van der Waals surface area contributed by atoms with Gasteiger partial charge in [-0.1, -0.05) is 80.1 Å². The predicted molar refractivity (Wildman–Crippen MR) is 116 cm³/mol. The molecular formula is C25H24N2O3. The molecule has 4 rings (SSSR count). The summed E-state index contributed by atoms with van der Waals surface area (Å²) in [5.74, 6) is -0.677. The summed E-state index contributed by atoms with van der Waals surface area (Å²) in [5, 5.41) is 4.69. The molecule has 0 aliphatic carbocycles. The predicted octanol–water partition coefficient (Wildman–Crippen LogP) is 4.44. The van der Waals surface area contributed by atoms with Crippen molar-refractivity contribution < 1.29 is 14.4 Å². The Morgan fingerprint density at radius 2 is 1.67 bits per heavy atom. The minimum Gasteiger partial charge on any atom is -0.319 e. The molecule has 0 aromatic heterocycles. The van der Waals surface area contributed by atoms with E-state index in [1.54, 1.807) is 19.1 Å². The lowest BCUT2D eigenvalue weighted by molar-refractivity contribution is -0.130. The average molecular weight is 400 g/mol. The Morgan fingerprint density at radius 1 is 0.967 bits per heavy atom. The van der Waals surface area contributed by atoms with E-state index in [1.807, 2.05) is 54.6 Å². The van der Waals surface area contributed by atoms with Crippen LogP contribution in [0.1, 0.15) is 41.8 Å². The molecule has 0 bridgehead atoms. The number of hydrogen-bond donors (Lipinski definition) is 1. The third-order valence-corrected chi connectivity index (χ3v) is 5.72. The van der Waals surface area contributed by atoms with Crippen molar-refractivity contribution in [2.45, 2.75) is 32.2 Å². The number of nitrogens with one attached hydrogen (secondary N) is 1. The zero-order valence-electron chi connectivity index (χ0n) is 17.1. The summed E-state index contributed by atoms with van der Waals surface area (Å²) >= 11 is 0. The highest BCUT2D eigenvalue weighted by Gasteiger charge is 2.50. The quantitative estimate of drug-likeness (QED) is 0.491. The van der Waals surface area contributed by atoms with Crippen LogP contribution in [0.15, 0.2) is 66.7 Å². The van der Waals surface area contributed by atoms with Crippen molar-refractivity contribution in [2.75, 3.05) is 6.54 Å². The largest absolute Gasteiger partial charge is 0.325 e. The van der Waals surface area contributed by atoms with Crippen LogP contribution in [-0.4, -0.2) is 29.2 Å². The lowest BCUT2D eigenvalue weighted by Crippen LogP contribution is -2.41. The summed E-state index contributed by atoms with van der Waals surface area (Å²) < 4.78 is 0. The van der Waals surface area contributed by atoms with Gasteiger partial charge in [0.05, 0.1) is 6.54 Å². The number of aryl methyl sites for hydroxylation is 1. The third-order valence-electron chi connectivity index (χ3n) is 5.72. The van der Waals surface area contributed by atoms with Crippen molar-refractivity contribution in [2.24, 2.45) is 0 Å². The first kappa shape index (κ1) is 19.8. The smallest absolute Gasteiger partial charge is 0.319 e. The number of amides is 3. The monoisotopic (exact) mass is 400 g/mol. The molecule has 152 valence electrons. The normalized spacial score (nSPS) is 18.7. The van der Waals surface area contributed by atoms with Crippen molar-refractivity contribution in [3.63, 3.8) is 0 Å². The highest BCUT2D eigenvalue weighted by molar-refractivity contribution is 6.12. The number of fused-ring (bicyclic) bond motifs is 1. The van der Waals surface area contributed by atoms with Gasteiger partial charge in [0.2, 0.25) is 0 Å². The molecule has 3 amide bonds. The molecule has 1 atom stereocenters. The highest BCUT2D eigenvalue weighted by Crippen LogP contribution is 2.33. The van der Waals surface area contributed by atoms with Crippen LogP contribution in [0, 0.1) is 0 Å². The first-order valence-corrected chi connectivity index (χ1v) is 10.2. The van der Waals surface area contributed by atoms with E-state index in [4.69, 9.17) is 0 Å². The van der Waals surface area contributed by atoms with E-state index in [1.165, 1.54) is 0 Å². The average Bonchev–Trinajstić information content (AvgIpc) is 2.98. The fraction of sp³-hybridized carbons (Fsp3) is 0.240. The molecule has 0 saturated carbocycles. The number of nitrogens with zero attached hydrogens (tertiary/aromatic N) is 1. The highest BCUT2D eigenvalue weighted by atomic mass is 16.2. The fourth-order valence-electron chi connectivity index (χ4n) is 4.07. The maximum Gasteiger partial charge on any atom is 0.325 e. The Bertz CT molecular complexity index is 1130. The molecule has 0 unspecified atom stereocenters. The molecule has 5 heteroatoms. The van der Waals surface area contributed by atoms with E-state index in [9.17, 15) is 14.4 Å². The molecule has 1 aliphatic heterocycles. The van der Waals surface area contributed by atoms with Crippen molar-refractivity contribution in [3.05, 3.63) is 83.4 Å². The van der Waals surface area contributed by atoms with Crippen LogP contribution in [0.4, 0.5) is 4.79 Å². The summed E-state index contributed by atoms with van der Waals surface area (Å²) in [6, 6.07) is 20.2. The van der Waals surface area contributed by atoms with E-state index in [0.717, 1.165) is 39.6 Å². The minimum absolute atomic E-state index is 0.260. The van der Waals surface area contributed by atoms with E-state index in [2.05, 4.69) is 12.2 Å². The van der Waals surface area contributed by atoms with Gasteiger partial charge in [0.1, 0.15) is 5.54 Å².